The monoisotopic (exact) mass is 319 g/mol. The van der Waals surface area contributed by atoms with E-state index >= 15 is 0 Å². The normalized spacial score (nSPS) is 11.5. The number of hydrogen-bond donors (Lipinski definition) is 1. The van der Waals surface area contributed by atoms with Crippen LogP contribution in [0.3, 0.4) is 0 Å². The van der Waals surface area contributed by atoms with Crippen molar-refractivity contribution < 1.29 is 18.1 Å². The fraction of sp³-hybridized carbons (Fsp3) is 0.300. The highest BCUT2D eigenvalue weighted by molar-refractivity contribution is 7.15. The van der Waals surface area contributed by atoms with Gasteiger partial charge >= 0.3 is 11.9 Å². The molecule has 21 heavy (non-hydrogen) atoms. The van der Waals surface area contributed by atoms with Crippen LogP contribution in [0, 0.1) is 17.0 Å². The summed E-state index contributed by atoms with van der Waals surface area (Å²) in [5.41, 5.74) is -0.576. The van der Waals surface area contributed by atoms with E-state index < -0.39 is 21.8 Å². The van der Waals surface area contributed by atoms with Crippen LogP contribution < -0.4 is 5.32 Å². The summed E-state index contributed by atoms with van der Waals surface area (Å²) in [6, 6.07) is 0. The molecule has 0 radical (unpaired) electrons. The molecule has 0 aliphatic carbocycles. The summed E-state index contributed by atoms with van der Waals surface area (Å²) in [6.07, 6.45) is -3.69. The van der Waals surface area contributed by atoms with Crippen LogP contribution in [0.5, 0.6) is 0 Å². The highest BCUT2D eigenvalue weighted by Gasteiger charge is 2.36. The lowest BCUT2D eigenvalue weighted by atomic mass is 10.2. The van der Waals surface area contributed by atoms with Crippen LogP contribution in [-0.2, 0) is 6.18 Å². The van der Waals surface area contributed by atoms with E-state index in [0.717, 1.165) is 6.20 Å². The fourth-order valence-corrected chi connectivity index (χ4v) is 2.36. The molecule has 0 unspecified atom stereocenters. The minimum Gasteiger partial charge on any atom is -0.357 e. The zero-order chi connectivity index (χ0) is 15.8. The van der Waals surface area contributed by atoms with Gasteiger partial charge in [-0.05, 0) is 6.92 Å². The van der Waals surface area contributed by atoms with Gasteiger partial charge in [-0.3, -0.25) is 10.1 Å². The molecule has 11 heteroatoms. The number of aryl methyl sites for hydroxylation is 1. The van der Waals surface area contributed by atoms with Crippen molar-refractivity contribution in [3.63, 3.8) is 0 Å². The molecule has 0 saturated heterocycles. The summed E-state index contributed by atoms with van der Waals surface area (Å²) in [7, 11) is 1.50. The predicted octanol–water partition coefficient (Wildman–Crippen LogP) is 2.88. The minimum atomic E-state index is -4.61. The van der Waals surface area contributed by atoms with E-state index in [4.69, 9.17) is 0 Å². The molecule has 0 aliphatic rings. The van der Waals surface area contributed by atoms with Gasteiger partial charge in [-0.15, -0.1) is 11.3 Å². The summed E-state index contributed by atoms with van der Waals surface area (Å²) in [5.74, 6) is 0.0788. The second kappa shape index (κ2) is 5.24. The third-order valence-electron chi connectivity index (χ3n) is 2.45. The Morgan fingerprint density at radius 1 is 1.38 bits per heavy atom. The number of hydrogen-bond acceptors (Lipinski definition) is 7. The van der Waals surface area contributed by atoms with Gasteiger partial charge in [-0.1, -0.05) is 0 Å². The molecule has 7 nitrogen and oxygen atoms in total. The van der Waals surface area contributed by atoms with Gasteiger partial charge in [-0.25, -0.2) is 15.0 Å². The molecular weight excluding hydrogens is 311 g/mol. The van der Waals surface area contributed by atoms with E-state index in [-0.39, 0.29) is 22.2 Å². The average Bonchev–Trinajstić information content (AvgIpc) is 2.86. The van der Waals surface area contributed by atoms with Crippen LogP contribution in [0.15, 0.2) is 6.20 Å². The molecule has 2 rings (SSSR count). The van der Waals surface area contributed by atoms with Crippen molar-refractivity contribution in [3.8, 4) is 10.6 Å². The van der Waals surface area contributed by atoms with Crippen molar-refractivity contribution in [1.29, 1.82) is 0 Å². The summed E-state index contributed by atoms with van der Waals surface area (Å²) in [4.78, 5) is 21.3. The molecule has 0 aromatic carbocycles. The molecular formula is C10H8F3N5O2S. The molecule has 1 N–H and O–H groups in total. The highest BCUT2D eigenvalue weighted by atomic mass is 32.1. The van der Waals surface area contributed by atoms with Gasteiger partial charge in [-0.2, -0.15) is 13.2 Å². The number of thiazole rings is 1. The zero-order valence-electron chi connectivity index (χ0n) is 10.7. The second-order valence-electron chi connectivity index (χ2n) is 3.86. The first-order chi connectivity index (χ1) is 9.74. The lowest BCUT2D eigenvalue weighted by Crippen LogP contribution is -2.04. The van der Waals surface area contributed by atoms with Crippen LogP contribution >= 0.6 is 11.3 Å². The fourth-order valence-electron chi connectivity index (χ4n) is 1.58. The van der Waals surface area contributed by atoms with Crippen LogP contribution in [0.2, 0.25) is 0 Å². The first kappa shape index (κ1) is 15.1. The van der Waals surface area contributed by atoms with Crippen LogP contribution in [0.25, 0.3) is 10.6 Å². The summed E-state index contributed by atoms with van der Waals surface area (Å²) in [6.45, 7) is 1.38. The molecule has 0 fully saturated rings. The maximum Gasteiger partial charge on any atom is 0.443 e. The molecule has 2 heterocycles. The SMILES string of the molecule is CNc1nc(C)c([N+](=O)[O-])c(-c2cnc(C(F)(F)F)s2)n1. The highest BCUT2D eigenvalue weighted by Crippen LogP contribution is 2.39. The van der Waals surface area contributed by atoms with Gasteiger partial charge in [0, 0.05) is 13.2 Å². The third kappa shape index (κ3) is 2.91. The second-order valence-corrected chi connectivity index (χ2v) is 4.90. The molecule has 2 aromatic heterocycles. The Labute approximate surface area is 120 Å². The van der Waals surface area contributed by atoms with Gasteiger partial charge in [0.25, 0.3) is 0 Å². The summed E-state index contributed by atoms with van der Waals surface area (Å²) in [5, 5.41) is 12.6. The maximum atomic E-state index is 12.6. The standard InChI is InChI=1S/C10H8F3N5O2S/c1-4-7(18(19)20)6(17-9(14-2)16-4)5-3-15-8(21-5)10(11,12)13/h3H,1-2H3,(H,14,16,17). The Balaban J connectivity index is 2.64. The lowest BCUT2D eigenvalue weighted by Gasteiger charge is -2.05. The average molecular weight is 319 g/mol. The number of aromatic nitrogens is 3. The number of halogens is 3. The Morgan fingerprint density at radius 3 is 2.52 bits per heavy atom. The smallest absolute Gasteiger partial charge is 0.357 e. The Morgan fingerprint density at radius 2 is 2.05 bits per heavy atom. The third-order valence-corrected chi connectivity index (χ3v) is 3.49. The largest absolute Gasteiger partial charge is 0.443 e. The number of nitrogens with zero attached hydrogens (tertiary/aromatic N) is 4. The quantitative estimate of drug-likeness (QED) is 0.690. The Bertz CT molecular complexity index is 700. The lowest BCUT2D eigenvalue weighted by molar-refractivity contribution is -0.385. The van der Waals surface area contributed by atoms with Crippen LogP contribution in [-0.4, -0.2) is 26.9 Å². The van der Waals surface area contributed by atoms with E-state index in [1.165, 1.54) is 14.0 Å². The van der Waals surface area contributed by atoms with Crippen molar-refractivity contribution in [2.75, 3.05) is 12.4 Å². The molecule has 112 valence electrons. The first-order valence-electron chi connectivity index (χ1n) is 5.48. The van der Waals surface area contributed by atoms with E-state index in [0.29, 0.717) is 11.3 Å². The van der Waals surface area contributed by atoms with Crippen LogP contribution in [0.4, 0.5) is 24.8 Å². The van der Waals surface area contributed by atoms with Gasteiger partial charge in [0.2, 0.25) is 5.95 Å². The van der Waals surface area contributed by atoms with Gasteiger partial charge < -0.3 is 5.32 Å². The predicted molar refractivity (Wildman–Crippen MR) is 69.1 cm³/mol. The Kier molecular flexibility index (Phi) is 3.77. The zero-order valence-corrected chi connectivity index (χ0v) is 11.5. The van der Waals surface area contributed by atoms with Crippen molar-refractivity contribution >= 4 is 23.0 Å². The van der Waals surface area contributed by atoms with Crippen molar-refractivity contribution in [2.45, 2.75) is 13.1 Å². The van der Waals surface area contributed by atoms with E-state index in [1.54, 1.807) is 0 Å². The topological polar surface area (TPSA) is 93.8 Å². The van der Waals surface area contributed by atoms with E-state index in [9.17, 15) is 23.3 Å². The van der Waals surface area contributed by atoms with Gasteiger partial charge in [0.15, 0.2) is 10.7 Å². The van der Waals surface area contributed by atoms with Crippen LogP contribution in [0.1, 0.15) is 10.7 Å². The molecule has 0 saturated carbocycles. The molecule has 2 aromatic rings. The van der Waals surface area contributed by atoms with Crippen molar-refractivity contribution in [1.82, 2.24) is 15.0 Å². The molecule has 0 spiro atoms. The van der Waals surface area contributed by atoms with E-state index in [1.807, 2.05) is 0 Å². The summed E-state index contributed by atoms with van der Waals surface area (Å²) >= 11 is 0.294. The molecule has 0 aliphatic heterocycles. The Hall–Kier alpha value is -2.30. The first-order valence-corrected chi connectivity index (χ1v) is 6.30. The number of nitro groups is 1. The molecule has 0 bridgehead atoms. The molecule has 0 amide bonds. The number of rotatable bonds is 3. The van der Waals surface area contributed by atoms with Crippen molar-refractivity contribution in [2.24, 2.45) is 0 Å². The van der Waals surface area contributed by atoms with Gasteiger partial charge in [0.05, 0.1) is 9.80 Å². The summed E-state index contributed by atoms with van der Waals surface area (Å²) < 4.78 is 37.7. The van der Waals surface area contributed by atoms with Crippen molar-refractivity contribution in [3.05, 3.63) is 27.0 Å². The van der Waals surface area contributed by atoms with E-state index in [2.05, 4.69) is 20.3 Å². The minimum absolute atomic E-state index is 0.0453. The van der Waals surface area contributed by atoms with Gasteiger partial charge in [0.1, 0.15) is 5.69 Å². The number of anilines is 1. The number of alkyl halides is 3. The maximum absolute atomic E-state index is 12.6. The molecule has 0 atom stereocenters. The number of nitrogens with one attached hydrogen (secondary N) is 1.